The lowest BCUT2D eigenvalue weighted by molar-refractivity contribution is 0.209. The molecule has 0 aromatic heterocycles. The first-order valence-corrected chi connectivity index (χ1v) is 6.59. The number of hydrogen-bond donors (Lipinski definition) is 0. The lowest BCUT2D eigenvalue weighted by Gasteiger charge is -2.28. The minimum Gasteiger partial charge on any atom is -0.303 e. The predicted molar refractivity (Wildman–Crippen MR) is 63.6 cm³/mol. The van der Waals surface area contributed by atoms with Crippen molar-refractivity contribution in [2.45, 2.75) is 58.8 Å². The first-order valence-electron chi connectivity index (χ1n) is 6.59. The van der Waals surface area contributed by atoms with Crippen LogP contribution in [0.1, 0.15) is 58.8 Å². The largest absolute Gasteiger partial charge is 0.303 e. The van der Waals surface area contributed by atoms with Gasteiger partial charge in [-0.1, -0.05) is 39.5 Å². The van der Waals surface area contributed by atoms with Gasteiger partial charge in [-0.05, 0) is 44.8 Å². The number of rotatable bonds is 6. The molecule has 0 radical (unpaired) electrons. The van der Waals surface area contributed by atoms with E-state index in [1.54, 1.807) is 0 Å². The summed E-state index contributed by atoms with van der Waals surface area (Å²) in [5.41, 5.74) is 0. The fraction of sp³-hybridized carbons (Fsp3) is 1.00. The number of likely N-dealkylation sites (tertiary alicyclic amines) is 1. The summed E-state index contributed by atoms with van der Waals surface area (Å²) in [6, 6.07) is 0. The average molecular weight is 197 g/mol. The minimum absolute atomic E-state index is 0.988. The van der Waals surface area contributed by atoms with Crippen LogP contribution in [0.5, 0.6) is 0 Å². The SMILES string of the molecule is CCCC(CC)CCN1CCCCC1. The van der Waals surface area contributed by atoms with E-state index >= 15 is 0 Å². The summed E-state index contributed by atoms with van der Waals surface area (Å²) in [7, 11) is 0. The Kier molecular flexibility index (Phi) is 6.25. The summed E-state index contributed by atoms with van der Waals surface area (Å²) in [5.74, 6) is 0.988. The van der Waals surface area contributed by atoms with Gasteiger partial charge in [0, 0.05) is 0 Å². The van der Waals surface area contributed by atoms with Crippen molar-refractivity contribution in [2.75, 3.05) is 19.6 Å². The molecule has 0 aromatic rings. The van der Waals surface area contributed by atoms with E-state index in [1.165, 1.54) is 64.6 Å². The van der Waals surface area contributed by atoms with Crippen LogP contribution >= 0.6 is 0 Å². The van der Waals surface area contributed by atoms with Crippen LogP contribution in [-0.4, -0.2) is 24.5 Å². The zero-order chi connectivity index (χ0) is 10.2. The van der Waals surface area contributed by atoms with E-state index in [1.807, 2.05) is 0 Å². The summed E-state index contributed by atoms with van der Waals surface area (Å²) < 4.78 is 0. The highest BCUT2D eigenvalue weighted by atomic mass is 15.1. The van der Waals surface area contributed by atoms with Crippen molar-refractivity contribution in [1.29, 1.82) is 0 Å². The molecule has 14 heavy (non-hydrogen) atoms. The van der Waals surface area contributed by atoms with Crippen LogP contribution in [0, 0.1) is 5.92 Å². The fourth-order valence-corrected chi connectivity index (χ4v) is 2.51. The summed E-state index contributed by atoms with van der Waals surface area (Å²) >= 11 is 0. The van der Waals surface area contributed by atoms with Gasteiger partial charge in [-0.25, -0.2) is 0 Å². The molecule has 1 rings (SSSR count). The molecule has 0 aliphatic carbocycles. The van der Waals surface area contributed by atoms with E-state index in [0.29, 0.717) is 0 Å². The quantitative estimate of drug-likeness (QED) is 0.628. The van der Waals surface area contributed by atoms with Crippen molar-refractivity contribution in [3.63, 3.8) is 0 Å². The maximum atomic E-state index is 2.67. The first-order chi connectivity index (χ1) is 6.86. The van der Waals surface area contributed by atoms with Crippen molar-refractivity contribution >= 4 is 0 Å². The van der Waals surface area contributed by atoms with Gasteiger partial charge in [0.1, 0.15) is 0 Å². The molecular formula is C13H27N. The number of piperidine rings is 1. The third-order valence-corrected chi connectivity index (χ3v) is 3.58. The van der Waals surface area contributed by atoms with E-state index < -0.39 is 0 Å². The number of hydrogen-bond acceptors (Lipinski definition) is 1. The average Bonchev–Trinajstić information content (AvgIpc) is 2.25. The topological polar surface area (TPSA) is 3.24 Å². The fourth-order valence-electron chi connectivity index (χ4n) is 2.51. The Bertz CT molecular complexity index is 122. The first kappa shape index (κ1) is 12.0. The summed E-state index contributed by atoms with van der Waals surface area (Å²) in [6.45, 7) is 8.74. The maximum Gasteiger partial charge on any atom is -0.00161 e. The summed E-state index contributed by atoms with van der Waals surface area (Å²) in [4.78, 5) is 2.67. The molecule has 1 fully saturated rings. The van der Waals surface area contributed by atoms with Gasteiger partial charge in [-0.3, -0.25) is 0 Å². The molecule has 1 saturated heterocycles. The van der Waals surface area contributed by atoms with Crippen molar-refractivity contribution in [3.8, 4) is 0 Å². The second-order valence-corrected chi connectivity index (χ2v) is 4.75. The van der Waals surface area contributed by atoms with Crippen LogP contribution in [-0.2, 0) is 0 Å². The lowest BCUT2D eigenvalue weighted by Crippen LogP contribution is -2.31. The molecule has 1 nitrogen and oxygen atoms in total. The Morgan fingerprint density at radius 2 is 1.71 bits per heavy atom. The zero-order valence-corrected chi connectivity index (χ0v) is 10.1. The van der Waals surface area contributed by atoms with Crippen LogP contribution in [0.2, 0.25) is 0 Å². The van der Waals surface area contributed by atoms with Crippen molar-refractivity contribution in [2.24, 2.45) is 5.92 Å². The van der Waals surface area contributed by atoms with E-state index in [-0.39, 0.29) is 0 Å². The van der Waals surface area contributed by atoms with Crippen molar-refractivity contribution in [1.82, 2.24) is 4.90 Å². The van der Waals surface area contributed by atoms with E-state index in [9.17, 15) is 0 Å². The van der Waals surface area contributed by atoms with E-state index in [4.69, 9.17) is 0 Å². The molecular weight excluding hydrogens is 170 g/mol. The van der Waals surface area contributed by atoms with Gasteiger partial charge in [0.2, 0.25) is 0 Å². The van der Waals surface area contributed by atoms with Gasteiger partial charge in [-0.15, -0.1) is 0 Å². The molecule has 1 heteroatoms. The van der Waals surface area contributed by atoms with Gasteiger partial charge >= 0.3 is 0 Å². The standard InChI is InChI=1S/C13H27N/c1-3-8-13(4-2)9-12-14-10-6-5-7-11-14/h13H,3-12H2,1-2H3. The summed E-state index contributed by atoms with van der Waals surface area (Å²) in [5, 5.41) is 0. The Morgan fingerprint density at radius 1 is 1.00 bits per heavy atom. The number of nitrogens with zero attached hydrogens (tertiary/aromatic N) is 1. The second-order valence-electron chi connectivity index (χ2n) is 4.75. The van der Waals surface area contributed by atoms with Gasteiger partial charge in [-0.2, -0.15) is 0 Å². The molecule has 1 atom stereocenters. The molecule has 0 amide bonds. The minimum atomic E-state index is 0.988. The van der Waals surface area contributed by atoms with Crippen molar-refractivity contribution < 1.29 is 0 Å². The van der Waals surface area contributed by atoms with Gasteiger partial charge in [0.25, 0.3) is 0 Å². The Balaban J connectivity index is 2.10. The highest BCUT2D eigenvalue weighted by Gasteiger charge is 2.12. The molecule has 0 spiro atoms. The molecule has 1 heterocycles. The van der Waals surface area contributed by atoms with Crippen LogP contribution in [0.15, 0.2) is 0 Å². The molecule has 1 aliphatic heterocycles. The van der Waals surface area contributed by atoms with Gasteiger partial charge in [0.15, 0.2) is 0 Å². The smallest absolute Gasteiger partial charge is 0.00161 e. The molecule has 0 bridgehead atoms. The Labute approximate surface area is 89.9 Å². The van der Waals surface area contributed by atoms with Crippen LogP contribution in [0.4, 0.5) is 0 Å². The molecule has 1 aliphatic rings. The van der Waals surface area contributed by atoms with Gasteiger partial charge in [0.05, 0.1) is 0 Å². The van der Waals surface area contributed by atoms with Crippen LogP contribution in [0.25, 0.3) is 0 Å². The third-order valence-electron chi connectivity index (χ3n) is 3.58. The monoisotopic (exact) mass is 197 g/mol. The molecule has 1 unspecified atom stereocenters. The zero-order valence-electron chi connectivity index (χ0n) is 10.1. The van der Waals surface area contributed by atoms with Gasteiger partial charge < -0.3 is 4.90 Å². The maximum absolute atomic E-state index is 2.67. The summed E-state index contributed by atoms with van der Waals surface area (Å²) in [6.07, 6.45) is 9.94. The highest BCUT2D eigenvalue weighted by Crippen LogP contribution is 2.17. The third kappa shape index (κ3) is 4.45. The highest BCUT2D eigenvalue weighted by molar-refractivity contribution is 4.66. The van der Waals surface area contributed by atoms with Crippen LogP contribution < -0.4 is 0 Å². The molecule has 0 N–H and O–H groups in total. The molecule has 0 saturated carbocycles. The van der Waals surface area contributed by atoms with Crippen molar-refractivity contribution in [3.05, 3.63) is 0 Å². The van der Waals surface area contributed by atoms with E-state index in [2.05, 4.69) is 18.7 Å². The Morgan fingerprint density at radius 3 is 2.29 bits per heavy atom. The van der Waals surface area contributed by atoms with Crippen LogP contribution in [0.3, 0.4) is 0 Å². The lowest BCUT2D eigenvalue weighted by atomic mass is 9.96. The molecule has 0 aromatic carbocycles. The second kappa shape index (κ2) is 7.28. The normalized spacial score (nSPS) is 21.0. The predicted octanol–water partition coefficient (Wildman–Crippen LogP) is 3.69. The molecule has 84 valence electrons. The Hall–Kier alpha value is -0.0400. The van der Waals surface area contributed by atoms with E-state index in [0.717, 1.165) is 5.92 Å².